The van der Waals surface area contributed by atoms with Gasteiger partial charge in [0.2, 0.25) is 5.91 Å². The third-order valence-corrected chi connectivity index (χ3v) is 6.29. The first kappa shape index (κ1) is 17.2. The summed E-state index contributed by atoms with van der Waals surface area (Å²) in [5.41, 5.74) is 0.583. The fourth-order valence-corrected chi connectivity index (χ4v) is 4.32. The predicted octanol–water partition coefficient (Wildman–Crippen LogP) is 4.15. The monoisotopic (exact) mass is 357 g/mol. The fraction of sp³-hybridized carbons (Fsp3) is 0.357. The van der Waals surface area contributed by atoms with Gasteiger partial charge >= 0.3 is 0 Å². The van der Waals surface area contributed by atoms with Crippen LogP contribution in [0.4, 0.5) is 10.1 Å². The Morgan fingerprint density at radius 2 is 1.86 bits per heavy atom. The van der Waals surface area contributed by atoms with Gasteiger partial charge in [-0.05, 0) is 36.4 Å². The molecule has 0 saturated heterocycles. The first-order valence-electron chi connectivity index (χ1n) is 6.60. The Labute approximate surface area is 141 Å². The maximum atomic E-state index is 12.9. The van der Waals surface area contributed by atoms with Crippen molar-refractivity contribution in [3.05, 3.63) is 30.1 Å². The van der Waals surface area contributed by atoms with Crippen molar-refractivity contribution in [3.8, 4) is 0 Å². The van der Waals surface area contributed by atoms with Gasteiger partial charge in [0.25, 0.3) is 0 Å². The number of anilines is 1. The summed E-state index contributed by atoms with van der Waals surface area (Å²) in [6.45, 7) is 3.97. The van der Waals surface area contributed by atoms with Crippen LogP contribution in [0.1, 0.15) is 13.8 Å². The Kier molecular flexibility index (Phi) is 6.22. The molecule has 2 rings (SSSR count). The van der Waals surface area contributed by atoms with Crippen LogP contribution in [0.5, 0.6) is 0 Å². The summed E-state index contributed by atoms with van der Waals surface area (Å²) in [6, 6.07) is 5.74. The topological polar surface area (TPSA) is 54.9 Å². The lowest BCUT2D eigenvalue weighted by molar-refractivity contribution is -0.116. The van der Waals surface area contributed by atoms with Crippen LogP contribution >= 0.6 is 34.9 Å². The van der Waals surface area contributed by atoms with Gasteiger partial charge in [-0.25, -0.2) is 4.39 Å². The summed E-state index contributed by atoms with van der Waals surface area (Å²) >= 11 is 4.42. The number of hydrogen-bond donors (Lipinski definition) is 1. The molecule has 1 aromatic heterocycles. The van der Waals surface area contributed by atoms with Crippen LogP contribution in [0, 0.1) is 11.7 Å². The third-order valence-electron chi connectivity index (χ3n) is 2.77. The minimum absolute atomic E-state index is 0.118. The molecule has 0 fully saturated rings. The number of carbonyl (C=O) groups excluding carboxylic acids is 1. The maximum Gasteiger partial charge on any atom is 0.238 e. The largest absolute Gasteiger partial charge is 0.325 e. The van der Waals surface area contributed by atoms with Crippen LogP contribution in [0.15, 0.2) is 32.9 Å². The molecule has 0 bridgehead atoms. The van der Waals surface area contributed by atoms with Crippen molar-refractivity contribution in [2.75, 3.05) is 11.6 Å². The second-order valence-corrected chi connectivity index (χ2v) is 8.24. The smallest absolute Gasteiger partial charge is 0.238 e. The molecule has 0 spiro atoms. The molecule has 1 N–H and O–H groups in total. The van der Waals surface area contributed by atoms with Gasteiger partial charge in [0.1, 0.15) is 5.82 Å². The average molecular weight is 358 g/mol. The summed E-state index contributed by atoms with van der Waals surface area (Å²) < 4.78 is 14.6. The number of benzene rings is 1. The lowest BCUT2D eigenvalue weighted by atomic mass is 10.1. The van der Waals surface area contributed by atoms with Gasteiger partial charge in [-0.3, -0.25) is 4.79 Å². The summed E-state index contributed by atoms with van der Waals surface area (Å²) in [5.74, 6) is -0.314. The Bertz CT molecular complexity index is 631. The molecule has 0 radical (unpaired) electrons. The Hall–Kier alpha value is -1.12. The number of aromatic nitrogens is 2. The van der Waals surface area contributed by atoms with Gasteiger partial charge < -0.3 is 5.32 Å². The normalized spacial score (nSPS) is 12.4. The van der Waals surface area contributed by atoms with Crippen molar-refractivity contribution in [2.24, 2.45) is 5.92 Å². The van der Waals surface area contributed by atoms with E-state index in [0.717, 1.165) is 8.68 Å². The second-order valence-electron chi connectivity index (χ2n) is 4.82. The van der Waals surface area contributed by atoms with E-state index in [1.165, 1.54) is 47.0 Å². The number of carbonyl (C=O) groups is 1. The van der Waals surface area contributed by atoms with Crippen molar-refractivity contribution in [2.45, 2.75) is 27.8 Å². The SMILES string of the molecule is CSc1nnc(SC(C(=O)Nc2ccc(F)cc2)C(C)C)s1. The van der Waals surface area contributed by atoms with Crippen molar-refractivity contribution in [1.29, 1.82) is 0 Å². The molecule has 1 unspecified atom stereocenters. The number of halogens is 1. The average Bonchev–Trinajstić information content (AvgIpc) is 2.94. The van der Waals surface area contributed by atoms with Crippen LogP contribution < -0.4 is 5.32 Å². The minimum atomic E-state index is -0.328. The molecule has 4 nitrogen and oxygen atoms in total. The lowest BCUT2D eigenvalue weighted by Crippen LogP contribution is -2.29. The van der Waals surface area contributed by atoms with E-state index in [4.69, 9.17) is 0 Å². The quantitative estimate of drug-likeness (QED) is 0.787. The van der Waals surface area contributed by atoms with Crippen LogP contribution in [0.25, 0.3) is 0 Å². The molecule has 0 aliphatic rings. The van der Waals surface area contributed by atoms with Crippen molar-refractivity contribution >= 4 is 46.5 Å². The first-order valence-corrected chi connectivity index (χ1v) is 9.52. The fourth-order valence-electron chi connectivity index (χ4n) is 1.67. The molecule has 1 amide bonds. The zero-order chi connectivity index (χ0) is 16.1. The third kappa shape index (κ3) is 4.69. The highest BCUT2D eigenvalue weighted by Crippen LogP contribution is 2.33. The van der Waals surface area contributed by atoms with Gasteiger partial charge in [0.15, 0.2) is 8.68 Å². The molecule has 0 saturated carbocycles. The number of amides is 1. The summed E-state index contributed by atoms with van der Waals surface area (Å²) in [4.78, 5) is 12.4. The summed E-state index contributed by atoms with van der Waals surface area (Å²) in [6.07, 6.45) is 1.94. The number of nitrogens with one attached hydrogen (secondary N) is 1. The van der Waals surface area contributed by atoms with Crippen LogP contribution in [-0.4, -0.2) is 27.6 Å². The number of thioether (sulfide) groups is 2. The van der Waals surface area contributed by atoms with Gasteiger partial charge in [-0.2, -0.15) is 0 Å². The number of nitrogens with zero attached hydrogens (tertiary/aromatic N) is 2. The van der Waals surface area contributed by atoms with Gasteiger partial charge in [-0.15, -0.1) is 10.2 Å². The Balaban J connectivity index is 2.06. The summed E-state index contributed by atoms with van der Waals surface area (Å²) in [7, 11) is 0. The molecular weight excluding hydrogens is 341 g/mol. The van der Waals surface area contributed by atoms with Crippen molar-refractivity contribution < 1.29 is 9.18 Å². The van der Waals surface area contributed by atoms with Gasteiger partial charge in [0.05, 0.1) is 5.25 Å². The molecule has 8 heteroatoms. The van der Waals surface area contributed by atoms with Crippen molar-refractivity contribution in [1.82, 2.24) is 10.2 Å². The lowest BCUT2D eigenvalue weighted by Gasteiger charge is -2.18. The van der Waals surface area contributed by atoms with Crippen molar-refractivity contribution in [3.63, 3.8) is 0 Å². The van der Waals surface area contributed by atoms with Gasteiger partial charge in [0, 0.05) is 5.69 Å². The maximum absolute atomic E-state index is 12.9. The highest BCUT2D eigenvalue weighted by atomic mass is 32.2. The van der Waals surface area contributed by atoms with Crippen LogP contribution in [0.3, 0.4) is 0 Å². The van der Waals surface area contributed by atoms with E-state index in [0.29, 0.717) is 5.69 Å². The van der Waals surface area contributed by atoms with E-state index in [2.05, 4.69) is 15.5 Å². The molecule has 118 valence electrons. The minimum Gasteiger partial charge on any atom is -0.325 e. The Morgan fingerprint density at radius 1 is 1.23 bits per heavy atom. The van der Waals surface area contributed by atoms with E-state index < -0.39 is 0 Å². The van der Waals surface area contributed by atoms with E-state index in [1.54, 1.807) is 12.1 Å². The van der Waals surface area contributed by atoms with E-state index in [9.17, 15) is 9.18 Å². The first-order chi connectivity index (χ1) is 10.5. The predicted molar refractivity (Wildman–Crippen MR) is 91.2 cm³/mol. The van der Waals surface area contributed by atoms with E-state index in [1.807, 2.05) is 20.1 Å². The molecule has 2 aromatic rings. The van der Waals surface area contributed by atoms with Gasteiger partial charge in [-0.1, -0.05) is 48.7 Å². The molecule has 1 aromatic carbocycles. The van der Waals surface area contributed by atoms with E-state index in [-0.39, 0.29) is 22.9 Å². The molecule has 0 aliphatic heterocycles. The Morgan fingerprint density at radius 3 is 2.41 bits per heavy atom. The highest BCUT2D eigenvalue weighted by Gasteiger charge is 2.25. The zero-order valence-corrected chi connectivity index (χ0v) is 14.8. The second kappa shape index (κ2) is 7.94. The number of rotatable bonds is 6. The molecule has 0 aliphatic carbocycles. The summed E-state index contributed by atoms with van der Waals surface area (Å²) in [5, 5.41) is 10.7. The van der Waals surface area contributed by atoms with E-state index >= 15 is 0 Å². The molecule has 22 heavy (non-hydrogen) atoms. The zero-order valence-electron chi connectivity index (χ0n) is 12.4. The standard InChI is InChI=1S/C14H16FN3OS3/c1-8(2)11(21-14-18-17-13(20-3)22-14)12(19)16-10-6-4-9(15)5-7-10/h4-8,11H,1-3H3,(H,16,19). The molecular formula is C14H16FN3OS3. The molecule has 1 heterocycles. The molecule has 1 atom stereocenters. The highest BCUT2D eigenvalue weighted by molar-refractivity contribution is 8.03. The van der Waals surface area contributed by atoms with Crippen LogP contribution in [0.2, 0.25) is 0 Å². The van der Waals surface area contributed by atoms with Crippen LogP contribution in [-0.2, 0) is 4.79 Å². The number of hydrogen-bond acceptors (Lipinski definition) is 6.